The van der Waals surface area contributed by atoms with E-state index in [1.807, 2.05) is 0 Å². The molecule has 2 N–H and O–H groups in total. The van der Waals surface area contributed by atoms with Crippen molar-refractivity contribution in [2.45, 2.75) is 32.1 Å². The van der Waals surface area contributed by atoms with Crippen LogP contribution in [0.15, 0.2) is 24.3 Å². The summed E-state index contributed by atoms with van der Waals surface area (Å²) in [7, 11) is 0. The van der Waals surface area contributed by atoms with Gasteiger partial charge < -0.3 is 10.6 Å². The van der Waals surface area contributed by atoms with E-state index in [1.165, 1.54) is 6.07 Å². The Morgan fingerprint density at radius 1 is 1.24 bits per heavy atom. The van der Waals surface area contributed by atoms with E-state index in [1.54, 1.807) is 23.1 Å². The van der Waals surface area contributed by atoms with Crippen LogP contribution in [0.3, 0.4) is 0 Å². The van der Waals surface area contributed by atoms with Gasteiger partial charge in [-0.15, -0.1) is 0 Å². The summed E-state index contributed by atoms with van der Waals surface area (Å²) >= 11 is 0. The third-order valence-corrected chi connectivity index (χ3v) is 4.04. The number of hydrogen-bond donors (Lipinski definition) is 1. The summed E-state index contributed by atoms with van der Waals surface area (Å²) in [5, 5.41) is 0. The lowest BCUT2D eigenvalue weighted by molar-refractivity contribution is -0.134. The zero-order valence-corrected chi connectivity index (χ0v) is 12.1. The summed E-state index contributed by atoms with van der Waals surface area (Å²) < 4.78 is 13.4. The van der Waals surface area contributed by atoms with Crippen molar-refractivity contribution < 1.29 is 14.0 Å². The summed E-state index contributed by atoms with van der Waals surface area (Å²) in [6.45, 7) is 1.18. The molecule has 0 aromatic heterocycles. The number of carbonyl (C=O) groups is 2. The predicted molar refractivity (Wildman–Crippen MR) is 77.8 cm³/mol. The molecule has 114 valence electrons. The Morgan fingerprint density at radius 3 is 2.52 bits per heavy atom. The third kappa shape index (κ3) is 4.28. The van der Waals surface area contributed by atoms with Gasteiger partial charge in [-0.3, -0.25) is 9.59 Å². The molecule has 1 aliphatic heterocycles. The Balaban J connectivity index is 1.73. The number of carbonyl (C=O) groups excluding carboxylic acids is 2. The topological polar surface area (TPSA) is 63.4 Å². The molecule has 1 aliphatic rings. The number of nitrogens with zero attached hydrogens (tertiary/aromatic N) is 1. The Labute approximate surface area is 124 Å². The van der Waals surface area contributed by atoms with Gasteiger partial charge in [-0.1, -0.05) is 18.2 Å². The molecule has 2 amide bonds. The molecule has 1 saturated heterocycles. The summed E-state index contributed by atoms with van der Waals surface area (Å²) in [4.78, 5) is 24.9. The second kappa shape index (κ2) is 7.20. The Morgan fingerprint density at radius 2 is 1.90 bits per heavy atom. The molecule has 0 bridgehead atoms. The maximum atomic E-state index is 13.4. The highest BCUT2D eigenvalue weighted by atomic mass is 19.1. The molecule has 1 aromatic rings. The molecule has 1 fully saturated rings. The molecule has 1 heterocycles. The number of piperidine rings is 1. The molecule has 0 spiro atoms. The zero-order chi connectivity index (χ0) is 15.2. The molecule has 0 unspecified atom stereocenters. The van der Waals surface area contributed by atoms with E-state index in [0.717, 1.165) is 0 Å². The molecule has 4 nitrogen and oxygen atoms in total. The fourth-order valence-electron chi connectivity index (χ4n) is 2.70. The largest absolute Gasteiger partial charge is 0.369 e. The van der Waals surface area contributed by atoms with Gasteiger partial charge in [0, 0.05) is 25.4 Å². The molecular formula is C16H21FN2O2. The Kier molecular flexibility index (Phi) is 5.31. The van der Waals surface area contributed by atoms with Crippen LogP contribution in [0.1, 0.15) is 31.2 Å². The SMILES string of the molecule is NC(=O)C1CCN(C(=O)CCCc2ccccc2F)CC1. The van der Waals surface area contributed by atoms with E-state index in [2.05, 4.69) is 0 Å². The molecule has 2 rings (SSSR count). The van der Waals surface area contributed by atoms with E-state index in [0.29, 0.717) is 50.8 Å². The van der Waals surface area contributed by atoms with Gasteiger partial charge in [0.25, 0.3) is 0 Å². The minimum Gasteiger partial charge on any atom is -0.369 e. The van der Waals surface area contributed by atoms with Crippen molar-refractivity contribution in [2.75, 3.05) is 13.1 Å². The van der Waals surface area contributed by atoms with Crippen LogP contribution < -0.4 is 5.73 Å². The first-order valence-corrected chi connectivity index (χ1v) is 7.38. The van der Waals surface area contributed by atoms with Gasteiger partial charge in [-0.2, -0.15) is 0 Å². The average molecular weight is 292 g/mol. The molecule has 0 aliphatic carbocycles. The number of rotatable bonds is 5. The van der Waals surface area contributed by atoms with E-state index in [-0.39, 0.29) is 23.5 Å². The summed E-state index contributed by atoms with van der Waals surface area (Å²) in [5.41, 5.74) is 5.92. The van der Waals surface area contributed by atoms with Gasteiger partial charge in [0.2, 0.25) is 11.8 Å². The highest BCUT2D eigenvalue weighted by molar-refractivity contribution is 5.78. The standard InChI is InChI=1S/C16H21FN2O2/c17-14-6-2-1-4-12(14)5-3-7-15(20)19-10-8-13(9-11-19)16(18)21/h1-2,4,6,13H,3,5,7-11H2,(H2,18,21). The smallest absolute Gasteiger partial charge is 0.222 e. The van der Waals surface area contributed by atoms with Crippen molar-refractivity contribution in [3.05, 3.63) is 35.6 Å². The van der Waals surface area contributed by atoms with Crippen LogP contribution in [-0.2, 0) is 16.0 Å². The molecule has 0 radical (unpaired) electrons. The molecular weight excluding hydrogens is 271 g/mol. The van der Waals surface area contributed by atoms with Gasteiger partial charge in [0.15, 0.2) is 0 Å². The lowest BCUT2D eigenvalue weighted by Crippen LogP contribution is -2.41. The number of benzene rings is 1. The summed E-state index contributed by atoms with van der Waals surface area (Å²) in [5.74, 6) is -0.518. The summed E-state index contributed by atoms with van der Waals surface area (Å²) in [6, 6.07) is 6.64. The molecule has 1 aromatic carbocycles. The summed E-state index contributed by atoms with van der Waals surface area (Å²) in [6.07, 6.45) is 2.91. The zero-order valence-electron chi connectivity index (χ0n) is 12.1. The molecule has 0 atom stereocenters. The van der Waals surface area contributed by atoms with Gasteiger partial charge in [-0.25, -0.2) is 4.39 Å². The van der Waals surface area contributed by atoms with Crippen LogP contribution in [0.4, 0.5) is 4.39 Å². The number of hydrogen-bond acceptors (Lipinski definition) is 2. The van der Waals surface area contributed by atoms with E-state index in [4.69, 9.17) is 5.73 Å². The number of halogens is 1. The van der Waals surface area contributed by atoms with E-state index >= 15 is 0 Å². The molecule has 21 heavy (non-hydrogen) atoms. The van der Waals surface area contributed by atoms with Crippen LogP contribution in [0.5, 0.6) is 0 Å². The first kappa shape index (κ1) is 15.5. The Bertz CT molecular complexity index is 511. The van der Waals surface area contributed by atoms with Crippen molar-refractivity contribution in [1.82, 2.24) is 4.90 Å². The molecule has 0 saturated carbocycles. The molecule has 5 heteroatoms. The highest BCUT2D eigenvalue weighted by Gasteiger charge is 2.25. The van der Waals surface area contributed by atoms with Gasteiger partial charge in [0.1, 0.15) is 5.82 Å². The van der Waals surface area contributed by atoms with Crippen LogP contribution in [-0.4, -0.2) is 29.8 Å². The maximum Gasteiger partial charge on any atom is 0.222 e. The normalized spacial score (nSPS) is 16.0. The van der Waals surface area contributed by atoms with E-state index < -0.39 is 0 Å². The second-order valence-electron chi connectivity index (χ2n) is 5.50. The van der Waals surface area contributed by atoms with Crippen molar-refractivity contribution in [3.8, 4) is 0 Å². The predicted octanol–water partition coefficient (Wildman–Crippen LogP) is 1.87. The number of likely N-dealkylation sites (tertiary alicyclic amines) is 1. The maximum absolute atomic E-state index is 13.4. The second-order valence-corrected chi connectivity index (χ2v) is 5.50. The van der Waals surface area contributed by atoms with Crippen molar-refractivity contribution in [3.63, 3.8) is 0 Å². The number of primary amides is 1. The number of nitrogens with two attached hydrogens (primary N) is 1. The average Bonchev–Trinajstić information content (AvgIpc) is 2.49. The van der Waals surface area contributed by atoms with E-state index in [9.17, 15) is 14.0 Å². The van der Waals surface area contributed by atoms with Crippen LogP contribution in [0.2, 0.25) is 0 Å². The van der Waals surface area contributed by atoms with Crippen LogP contribution >= 0.6 is 0 Å². The van der Waals surface area contributed by atoms with Crippen molar-refractivity contribution in [1.29, 1.82) is 0 Å². The van der Waals surface area contributed by atoms with Crippen LogP contribution in [0, 0.1) is 11.7 Å². The fraction of sp³-hybridized carbons (Fsp3) is 0.500. The lowest BCUT2D eigenvalue weighted by Gasteiger charge is -2.30. The van der Waals surface area contributed by atoms with Gasteiger partial charge in [-0.05, 0) is 37.3 Å². The number of amides is 2. The monoisotopic (exact) mass is 292 g/mol. The van der Waals surface area contributed by atoms with Crippen molar-refractivity contribution in [2.24, 2.45) is 11.7 Å². The third-order valence-electron chi connectivity index (χ3n) is 4.04. The van der Waals surface area contributed by atoms with Crippen LogP contribution in [0.25, 0.3) is 0 Å². The number of aryl methyl sites for hydroxylation is 1. The lowest BCUT2D eigenvalue weighted by atomic mass is 9.96. The van der Waals surface area contributed by atoms with Gasteiger partial charge in [0.05, 0.1) is 0 Å². The fourth-order valence-corrected chi connectivity index (χ4v) is 2.70. The minimum atomic E-state index is -0.276. The first-order valence-electron chi connectivity index (χ1n) is 7.38. The van der Waals surface area contributed by atoms with Crippen molar-refractivity contribution >= 4 is 11.8 Å². The Hall–Kier alpha value is -1.91. The highest BCUT2D eigenvalue weighted by Crippen LogP contribution is 2.18. The van der Waals surface area contributed by atoms with Gasteiger partial charge >= 0.3 is 0 Å². The first-order chi connectivity index (χ1) is 10.1. The minimum absolute atomic E-state index is 0.0780. The quantitative estimate of drug-likeness (QED) is 0.900.